The van der Waals surface area contributed by atoms with Gasteiger partial charge in [0.2, 0.25) is 0 Å². The Balaban J connectivity index is 2.33. The van der Waals surface area contributed by atoms with Gasteiger partial charge in [-0.25, -0.2) is 13.2 Å². The van der Waals surface area contributed by atoms with Crippen LogP contribution in [0.3, 0.4) is 0 Å². The number of hydrogen-bond donors (Lipinski definition) is 1. The lowest BCUT2D eigenvalue weighted by molar-refractivity contribution is 0.401. The highest BCUT2D eigenvalue weighted by atomic mass is 19.2. The summed E-state index contributed by atoms with van der Waals surface area (Å²) in [5.74, 6) is -3.33. The monoisotopic (exact) mass is 243 g/mol. The normalized spacial score (nSPS) is 28.6. The summed E-state index contributed by atoms with van der Waals surface area (Å²) in [4.78, 5) is 0. The first kappa shape index (κ1) is 12.4. The van der Waals surface area contributed by atoms with Crippen LogP contribution in [0.25, 0.3) is 0 Å². The molecule has 0 amide bonds. The molecule has 0 aliphatic heterocycles. The molecule has 0 radical (unpaired) electrons. The number of halogens is 3. The summed E-state index contributed by atoms with van der Waals surface area (Å²) >= 11 is 0. The molecular formula is C13H16F3N. The third-order valence-electron chi connectivity index (χ3n) is 3.89. The molecule has 1 aromatic rings. The molecule has 2 rings (SSSR count). The van der Waals surface area contributed by atoms with E-state index in [1.54, 1.807) is 0 Å². The van der Waals surface area contributed by atoms with Crippen molar-refractivity contribution in [2.75, 3.05) is 7.05 Å². The van der Waals surface area contributed by atoms with E-state index >= 15 is 0 Å². The highest BCUT2D eigenvalue weighted by Crippen LogP contribution is 2.40. The van der Waals surface area contributed by atoms with E-state index in [2.05, 4.69) is 5.32 Å². The Labute approximate surface area is 99.0 Å². The van der Waals surface area contributed by atoms with Crippen molar-refractivity contribution in [1.29, 1.82) is 0 Å². The molecular weight excluding hydrogens is 227 g/mol. The lowest BCUT2D eigenvalue weighted by Crippen LogP contribution is -2.29. The fraction of sp³-hybridized carbons (Fsp3) is 0.538. The van der Waals surface area contributed by atoms with E-state index in [1.165, 1.54) is 6.07 Å². The summed E-state index contributed by atoms with van der Waals surface area (Å²) in [5, 5.41) is 3.17. The highest BCUT2D eigenvalue weighted by molar-refractivity contribution is 5.26. The zero-order chi connectivity index (χ0) is 12.6. The average molecular weight is 243 g/mol. The summed E-state index contributed by atoms with van der Waals surface area (Å²) in [5.41, 5.74) is 0.300. The SMILES string of the molecule is CNC1CCC(c2ccc(F)c(F)c2F)C1C. The molecule has 17 heavy (non-hydrogen) atoms. The predicted octanol–water partition coefficient (Wildman–Crippen LogP) is 3.21. The minimum atomic E-state index is -1.36. The molecule has 94 valence electrons. The van der Waals surface area contributed by atoms with Gasteiger partial charge >= 0.3 is 0 Å². The topological polar surface area (TPSA) is 12.0 Å². The first-order valence-corrected chi connectivity index (χ1v) is 5.87. The van der Waals surface area contributed by atoms with Gasteiger partial charge in [-0.1, -0.05) is 13.0 Å². The van der Waals surface area contributed by atoms with Crippen LogP contribution in [0.1, 0.15) is 31.2 Å². The van der Waals surface area contributed by atoms with Gasteiger partial charge < -0.3 is 5.32 Å². The zero-order valence-electron chi connectivity index (χ0n) is 9.93. The van der Waals surface area contributed by atoms with Gasteiger partial charge in [-0.3, -0.25) is 0 Å². The Morgan fingerprint density at radius 1 is 1.12 bits per heavy atom. The maximum Gasteiger partial charge on any atom is 0.194 e. The van der Waals surface area contributed by atoms with Crippen LogP contribution in [-0.4, -0.2) is 13.1 Å². The minimum absolute atomic E-state index is 0.0393. The Bertz CT molecular complexity index is 419. The van der Waals surface area contributed by atoms with E-state index in [0.717, 1.165) is 18.9 Å². The fourth-order valence-corrected chi connectivity index (χ4v) is 2.84. The molecule has 0 aromatic heterocycles. The molecule has 4 heteroatoms. The summed E-state index contributed by atoms with van der Waals surface area (Å²) in [6, 6.07) is 2.69. The van der Waals surface area contributed by atoms with Gasteiger partial charge in [-0.2, -0.15) is 0 Å². The molecule has 1 nitrogen and oxygen atoms in total. The van der Waals surface area contributed by atoms with Crippen molar-refractivity contribution < 1.29 is 13.2 Å². The van der Waals surface area contributed by atoms with E-state index in [1.807, 2.05) is 14.0 Å². The van der Waals surface area contributed by atoms with Crippen molar-refractivity contribution in [2.24, 2.45) is 5.92 Å². The van der Waals surface area contributed by atoms with Gasteiger partial charge in [0.05, 0.1) is 0 Å². The molecule has 1 saturated carbocycles. The fourth-order valence-electron chi connectivity index (χ4n) is 2.84. The summed E-state index contributed by atoms with van der Waals surface area (Å²) in [6.45, 7) is 2.01. The first-order valence-electron chi connectivity index (χ1n) is 5.87. The van der Waals surface area contributed by atoms with Gasteiger partial charge in [0.25, 0.3) is 0 Å². The first-order chi connectivity index (χ1) is 8.06. The summed E-state index contributed by atoms with van der Waals surface area (Å²) in [7, 11) is 1.87. The standard InChI is InChI=1S/C13H16F3N/c1-7-8(4-6-11(7)17-2)9-3-5-10(14)13(16)12(9)15/h3,5,7-8,11,17H,4,6H2,1-2H3. The molecule has 0 heterocycles. The van der Waals surface area contributed by atoms with E-state index in [4.69, 9.17) is 0 Å². The van der Waals surface area contributed by atoms with Crippen LogP contribution in [0, 0.1) is 23.4 Å². The molecule has 1 aliphatic carbocycles. The molecule has 3 atom stereocenters. The van der Waals surface area contributed by atoms with Crippen LogP contribution >= 0.6 is 0 Å². The van der Waals surface area contributed by atoms with Crippen molar-refractivity contribution in [3.63, 3.8) is 0 Å². The van der Waals surface area contributed by atoms with Gasteiger partial charge in [-0.05, 0) is 43.4 Å². The number of nitrogens with one attached hydrogen (secondary N) is 1. The number of benzene rings is 1. The van der Waals surface area contributed by atoms with E-state index < -0.39 is 17.5 Å². The van der Waals surface area contributed by atoms with E-state index in [0.29, 0.717) is 11.6 Å². The van der Waals surface area contributed by atoms with Crippen molar-refractivity contribution in [1.82, 2.24) is 5.32 Å². The second-order valence-corrected chi connectivity index (χ2v) is 4.70. The summed E-state index contributed by atoms with van der Waals surface area (Å²) < 4.78 is 39.7. The second kappa shape index (κ2) is 4.69. The third kappa shape index (κ3) is 2.06. The van der Waals surface area contributed by atoms with Crippen molar-refractivity contribution in [3.8, 4) is 0 Å². The van der Waals surface area contributed by atoms with E-state index in [-0.39, 0.29) is 11.8 Å². The number of hydrogen-bond acceptors (Lipinski definition) is 1. The molecule has 1 aromatic carbocycles. The molecule has 0 spiro atoms. The van der Waals surface area contributed by atoms with Crippen LogP contribution in [0.2, 0.25) is 0 Å². The van der Waals surface area contributed by atoms with Crippen molar-refractivity contribution >= 4 is 0 Å². The summed E-state index contributed by atoms with van der Waals surface area (Å²) in [6.07, 6.45) is 1.73. The van der Waals surface area contributed by atoms with Crippen LogP contribution in [0.5, 0.6) is 0 Å². The van der Waals surface area contributed by atoms with Crippen molar-refractivity contribution in [2.45, 2.75) is 31.7 Å². The molecule has 1 fully saturated rings. The second-order valence-electron chi connectivity index (χ2n) is 4.70. The van der Waals surface area contributed by atoms with Gasteiger partial charge in [-0.15, -0.1) is 0 Å². The quantitative estimate of drug-likeness (QED) is 0.786. The van der Waals surface area contributed by atoms with E-state index in [9.17, 15) is 13.2 Å². The van der Waals surface area contributed by atoms with Crippen LogP contribution in [0.4, 0.5) is 13.2 Å². The number of rotatable bonds is 2. The maximum atomic E-state index is 13.7. The highest BCUT2D eigenvalue weighted by Gasteiger charge is 2.35. The van der Waals surface area contributed by atoms with Crippen LogP contribution in [-0.2, 0) is 0 Å². The minimum Gasteiger partial charge on any atom is -0.317 e. The average Bonchev–Trinajstić information content (AvgIpc) is 2.68. The predicted molar refractivity (Wildman–Crippen MR) is 60.3 cm³/mol. The van der Waals surface area contributed by atoms with Crippen LogP contribution < -0.4 is 5.32 Å². The lowest BCUT2D eigenvalue weighted by Gasteiger charge is -2.21. The smallest absolute Gasteiger partial charge is 0.194 e. The maximum absolute atomic E-state index is 13.7. The molecule has 0 bridgehead atoms. The molecule has 0 saturated heterocycles. The lowest BCUT2D eigenvalue weighted by atomic mass is 9.88. The van der Waals surface area contributed by atoms with Crippen molar-refractivity contribution in [3.05, 3.63) is 35.1 Å². The largest absolute Gasteiger partial charge is 0.317 e. The third-order valence-corrected chi connectivity index (χ3v) is 3.89. The van der Waals surface area contributed by atoms with Gasteiger partial charge in [0, 0.05) is 6.04 Å². The zero-order valence-corrected chi connectivity index (χ0v) is 9.93. The Morgan fingerprint density at radius 2 is 1.82 bits per heavy atom. The van der Waals surface area contributed by atoms with Crippen LogP contribution in [0.15, 0.2) is 12.1 Å². The Kier molecular flexibility index (Phi) is 3.43. The van der Waals surface area contributed by atoms with Gasteiger partial charge in [0.15, 0.2) is 17.5 Å². The Hall–Kier alpha value is -1.03. The molecule has 3 unspecified atom stereocenters. The van der Waals surface area contributed by atoms with Gasteiger partial charge in [0.1, 0.15) is 0 Å². The Morgan fingerprint density at radius 3 is 2.41 bits per heavy atom. The molecule has 1 aliphatic rings. The molecule has 1 N–H and O–H groups in total.